The second-order valence-corrected chi connectivity index (χ2v) is 8.42. The smallest absolute Gasteiger partial charge is 0.242 e. The van der Waals surface area contributed by atoms with E-state index in [1.807, 2.05) is 39.9 Å². The molecule has 0 radical (unpaired) electrons. The maximum Gasteiger partial charge on any atom is 0.242 e. The highest BCUT2D eigenvalue weighted by atomic mass is 16.2. The number of carbonyl (C=O) groups excluding carboxylic acids is 3. The fourth-order valence-corrected chi connectivity index (χ4v) is 4.79. The Bertz CT molecular complexity index is 1210. The van der Waals surface area contributed by atoms with Gasteiger partial charge in [0.15, 0.2) is 11.6 Å². The van der Waals surface area contributed by atoms with E-state index in [0.29, 0.717) is 11.1 Å². The molecule has 1 aliphatic carbocycles. The van der Waals surface area contributed by atoms with Crippen LogP contribution in [-0.2, 0) is 11.3 Å². The number of carbonyl (C=O) groups is 3. The SMILES string of the molecule is C[C@H]1CCCCN1C(=O)Cn1cc(C=C2C(=O)c3ccccc3C2=O)c2ccccc21. The van der Waals surface area contributed by atoms with E-state index in [1.165, 1.54) is 6.42 Å². The van der Waals surface area contributed by atoms with Crippen LogP contribution in [0.3, 0.4) is 0 Å². The molecule has 3 aromatic rings. The fraction of sp³-hybridized carbons (Fsp3) is 0.269. The van der Waals surface area contributed by atoms with Crippen molar-refractivity contribution in [1.29, 1.82) is 0 Å². The Morgan fingerprint density at radius 3 is 2.39 bits per heavy atom. The predicted octanol–water partition coefficient (Wildman–Crippen LogP) is 4.50. The lowest BCUT2D eigenvalue weighted by Gasteiger charge is -2.33. The number of nitrogens with zero attached hydrogens (tertiary/aromatic N) is 2. The summed E-state index contributed by atoms with van der Waals surface area (Å²) in [6.45, 7) is 3.16. The van der Waals surface area contributed by atoms with Gasteiger partial charge in [0.25, 0.3) is 0 Å². The highest BCUT2D eigenvalue weighted by Crippen LogP contribution is 2.30. The molecule has 5 heteroatoms. The molecule has 0 saturated carbocycles. The first kappa shape index (κ1) is 19.5. The minimum absolute atomic E-state index is 0.104. The van der Waals surface area contributed by atoms with Crippen molar-refractivity contribution in [3.8, 4) is 0 Å². The number of rotatable bonds is 3. The van der Waals surface area contributed by atoms with Gasteiger partial charge in [0, 0.05) is 46.4 Å². The Labute approximate surface area is 181 Å². The molecule has 5 nitrogen and oxygen atoms in total. The Hall–Kier alpha value is -3.47. The van der Waals surface area contributed by atoms with Gasteiger partial charge < -0.3 is 9.47 Å². The van der Waals surface area contributed by atoms with Crippen molar-refractivity contribution >= 4 is 34.5 Å². The van der Waals surface area contributed by atoms with Crippen molar-refractivity contribution in [3.05, 3.63) is 77.0 Å². The minimum atomic E-state index is -0.240. The van der Waals surface area contributed by atoms with Gasteiger partial charge in [-0.25, -0.2) is 0 Å². The summed E-state index contributed by atoms with van der Waals surface area (Å²) in [6, 6.07) is 15.0. The van der Waals surface area contributed by atoms with E-state index in [-0.39, 0.29) is 35.6 Å². The van der Waals surface area contributed by atoms with Crippen LogP contribution in [0.15, 0.2) is 60.3 Å². The molecule has 1 aromatic heterocycles. The Morgan fingerprint density at radius 1 is 1.00 bits per heavy atom. The lowest BCUT2D eigenvalue weighted by molar-refractivity contribution is -0.135. The summed E-state index contributed by atoms with van der Waals surface area (Å²) in [6.07, 6.45) is 6.82. The number of hydrogen-bond acceptors (Lipinski definition) is 3. The molecule has 1 atom stereocenters. The summed E-state index contributed by atoms with van der Waals surface area (Å²) in [5.74, 6) is -0.376. The van der Waals surface area contributed by atoms with Crippen molar-refractivity contribution in [2.24, 2.45) is 0 Å². The van der Waals surface area contributed by atoms with Crippen LogP contribution in [0.5, 0.6) is 0 Å². The van der Waals surface area contributed by atoms with Crippen LogP contribution in [-0.4, -0.2) is 39.5 Å². The number of hydrogen-bond donors (Lipinski definition) is 0. The Kier molecular flexibility index (Phi) is 4.81. The third kappa shape index (κ3) is 3.30. The number of Topliss-reactive ketones (excluding diaryl/α,β-unsaturated/α-hetero) is 2. The standard InChI is InChI=1S/C26H24N2O3/c1-17-8-6-7-13-28(17)24(29)16-27-15-18(19-9-4-5-12-23(19)27)14-22-25(30)20-10-2-3-11-21(20)26(22)31/h2-5,9-12,14-15,17H,6-8,13,16H2,1H3/t17-/m0/s1. The first-order valence-electron chi connectivity index (χ1n) is 10.8. The molecular formula is C26H24N2O3. The van der Waals surface area contributed by atoms with Gasteiger partial charge in [-0.05, 0) is 38.3 Å². The van der Waals surface area contributed by atoms with Gasteiger partial charge in [-0.15, -0.1) is 0 Å². The molecule has 2 heterocycles. The summed E-state index contributed by atoms with van der Waals surface area (Å²) in [5, 5.41) is 0.922. The molecule has 1 amide bonds. The van der Waals surface area contributed by atoms with Gasteiger partial charge in [0.2, 0.25) is 5.91 Å². The zero-order valence-electron chi connectivity index (χ0n) is 17.5. The van der Waals surface area contributed by atoms with Crippen LogP contribution >= 0.6 is 0 Å². The molecule has 1 fully saturated rings. The summed E-state index contributed by atoms with van der Waals surface area (Å²) in [5.41, 5.74) is 2.79. The number of likely N-dealkylation sites (tertiary alicyclic amines) is 1. The van der Waals surface area contributed by atoms with E-state index < -0.39 is 0 Å². The zero-order chi connectivity index (χ0) is 21.5. The van der Waals surface area contributed by atoms with Crippen molar-refractivity contribution in [3.63, 3.8) is 0 Å². The summed E-state index contributed by atoms with van der Waals surface area (Å²) < 4.78 is 1.93. The maximum absolute atomic E-state index is 13.0. The van der Waals surface area contributed by atoms with Crippen LogP contribution in [0.2, 0.25) is 0 Å². The lowest BCUT2D eigenvalue weighted by atomic mass is 10.0. The van der Waals surface area contributed by atoms with E-state index in [2.05, 4.69) is 6.92 Å². The average Bonchev–Trinajstić information content (AvgIpc) is 3.25. The normalized spacial score (nSPS) is 18.5. The summed E-state index contributed by atoms with van der Waals surface area (Å²) in [7, 11) is 0. The van der Waals surface area contributed by atoms with Crippen molar-refractivity contribution in [1.82, 2.24) is 9.47 Å². The van der Waals surface area contributed by atoms with Gasteiger partial charge >= 0.3 is 0 Å². The molecule has 2 aliphatic rings. The van der Waals surface area contributed by atoms with Crippen LogP contribution in [0.4, 0.5) is 0 Å². The number of ketones is 2. The van der Waals surface area contributed by atoms with Crippen LogP contribution in [0, 0.1) is 0 Å². The first-order valence-corrected chi connectivity index (χ1v) is 10.8. The second kappa shape index (κ2) is 7.65. The molecule has 156 valence electrons. The zero-order valence-corrected chi connectivity index (χ0v) is 17.5. The number of piperidine rings is 1. The third-order valence-electron chi connectivity index (χ3n) is 6.45. The molecule has 0 N–H and O–H groups in total. The van der Waals surface area contributed by atoms with Crippen molar-refractivity contribution < 1.29 is 14.4 Å². The maximum atomic E-state index is 13.0. The van der Waals surface area contributed by atoms with E-state index in [0.717, 1.165) is 35.9 Å². The second-order valence-electron chi connectivity index (χ2n) is 8.42. The fourth-order valence-electron chi connectivity index (χ4n) is 4.79. The van der Waals surface area contributed by atoms with E-state index in [9.17, 15) is 14.4 Å². The van der Waals surface area contributed by atoms with Gasteiger partial charge in [0.05, 0.1) is 5.57 Å². The van der Waals surface area contributed by atoms with Crippen LogP contribution in [0.25, 0.3) is 17.0 Å². The highest BCUT2D eigenvalue weighted by molar-refractivity contribution is 6.41. The quantitative estimate of drug-likeness (QED) is 0.470. The third-order valence-corrected chi connectivity index (χ3v) is 6.45. The van der Waals surface area contributed by atoms with Gasteiger partial charge in [0.1, 0.15) is 6.54 Å². The Morgan fingerprint density at radius 2 is 1.68 bits per heavy atom. The average molecular weight is 412 g/mol. The largest absolute Gasteiger partial charge is 0.338 e. The summed E-state index contributed by atoms with van der Waals surface area (Å²) >= 11 is 0. The number of allylic oxidation sites excluding steroid dienone is 1. The predicted molar refractivity (Wildman–Crippen MR) is 120 cm³/mol. The van der Waals surface area contributed by atoms with Gasteiger partial charge in [-0.1, -0.05) is 42.5 Å². The van der Waals surface area contributed by atoms with E-state index in [4.69, 9.17) is 0 Å². The minimum Gasteiger partial charge on any atom is -0.338 e. The number of para-hydroxylation sites is 1. The highest BCUT2D eigenvalue weighted by Gasteiger charge is 2.33. The molecule has 1 saturated heterocycles. The van der Waals surface area contributed by atoms with Crippen LogP contribution in [0.1, 0.15) is 52.5 Å². The number of benzene rings is 2. The topological polar surface area (TPSA) is 59.4 Å². The number of aromatic nitrogens is 1. The van der Waals surface area contributed by atoms with Crippen LogP contribution < -0.4 is 0 Å². The first-order chi connectivity index (χ1) is 15.0. The molecule has 0 spiro atoms. The van der Waals surface area contributed by atoms with E-state index in [1.54, 1.807) is 30.3 Å². The molecule has 0 unspecified atom stereocenters. The van der Waals surface area contributed by atoms with Gasteiger partial charge in [-0.3, -0.25) is 14.4 Å². The summed E-state index contributed by atoms with van der Waals surface area (Å²) in [4.78, 5) is 40.6. The van der Waals surface area contributed by atoms with Gasteiger partial charge in [-0.2, -0.15) is 0 Å². The van der Waals surface area contributed by atoms with E-state index >= 15 is 0 Å². The van der Waals surface area contributed by atoms with Crippen molar-refractivity contribution in [2.75, 3.05) is 6.54 Å². The Balaban J connectivity index is 1.52. The number of fused-ring (bicyclic) bond motifs is 2. The molecule has 2 aromatic carbocycles. The van der Waals surface area contributed by atoms with Crippen molar-refractivity contribution in [2.45, 2.75) is 38.8 Å². The molecule has 0 bridgehead atoms. The lowest BCUT2D eigenvalue weighted by Crippen LogP contribution is -2.43. The molecule has 1 aliphatic heterocycles. The molecule has 5 rings (SSSR count). The monoisotopic (exact) mass is 412 g/mol. The molecular weight excluding hydrogens is 388 g/mol. The molecule has 31 heavy (non-hydrogen) atoms. The number of amides is 1.